The second-order valence-corrected chi connectivity index (χ2v) is 9.46. The maximum Gasteiger partial charge on any atom is 0.323 e. The number of ether oxygens (including phenoxy) is 2. The van der Waals surface area contributed by atoms with E-state index >= 15 is 4.39 Å². The Kier molecular flexibility index (Phi) is 9.94. The Morgan fingerprint density at radius 2 is 1.51 bits per heavy atom. The van der Waals surface area contributed by atoms with Crippen LogP contribution in [0, 0.1) is 12.7 Å². The van der Waals surface area contributed by atoms with Crippen LogP contribution in [0.25, 0.3) is 23.1 Å². The summed E-state index contributed by atoms with van der Waals surface area (Å²) in [5, 5.41) is 18.9. The Morgan fingerprint density at radius 1 is 0.854 bits per heavy atom. The van der Waals surface area contributed by atoms with Gasteiger partial charge >= 0.3 is 11.9 Å². The van der Waals surface area contributed by atoms with Crippen molar-refractivity contribution < 1.29 is 33.7 Å². The van der Waals surface area contributed by atoms with Gasteiger partial charge in [-0.1, -0.05) is 42.5 Å². The van der Waals surface area contributed by atoms with Crippen molar-refractivity contribution in [1.82, 2.24) is 4.57 Å². The van der Waals surface area contributed by atoms with Crippen LogP contribution in [0.1, 0.15) is 35.2 Å². The molecule has 41 heavy (non-hydrogen) atoms. The van der Waals surface area contributed by atoms with Crippen molar-refractivity contribution in [1.29, 1.82) is 0 Å². The number of rotatable bonds is 14. The highest BCUT2D eigenvalue weighted by Gasteiger charge is 2.21. The van der Waals surface area contributed by atoms with Crippen molar-refractivity contribution >= 4 is 35.0 Å². The van der Waals surface area contributed by atoms with Crippen molar-refractivity contribution in [3.8, 4) is 11.5 Å². The van der Waals surface area contributed by atoms with E-state index < -0.39 is 17.8 Å². The molecule has 0 fully saturated rings. The van der Waals surface area contributed by atoms with E-state index in [1.54, 1.807) is 17.6 Å². The molecular formula is C33H32FNO6. The molecule has 0 amide bonds. The lowest BCUT2D eigenvalue weighted by Crippen LogP contribution is -2.10. The van der Waals surface area contributed by atoms with Crippen molar-refractivity contribution in [3.05, 3.63) is 107 Å². The largest absolute Gasteiger partial charge is 0.490 e. The van der Waals surface area contributed by atoms with Gasteiger partial charge in [0, 0.05) is 17.5 Å². The van der Waals surface area contributed by atoms with Crippen LogP contribution in [-0.2, 0) is 22.6 Å². The number of aliphatic carboxylic acids is 2. The molecule has 0 saturated carbocycles. The summed E-state index contributed by atoms with van der Waals surface area (Å²) in [5.41, 5.74) is 3.29. The Labute approximate surface area is 237 Å². The van der Waals surface area contributed by atoms with Crippen LogP contribution in [0.3, 0.4) is 0 Å². The molecule has 4 aromatic rings. The van der Waals surface area contributed by atoms with Gasteiger partial charge in [0.15, 0.2) is 0 Å². The molecule has 2 N–H and O–H groups in total. The minimum absolute atomic E-state index is 0.0507. The quantitative estimate of drug-likeness (QED) is 0.131. The van der Waals surface area contributed by atoms with E-state index in [0.29, 0.717) is 59.5 Å². The van der Waals surface area contributed by atoms with E-state index in [-0.39, 0.29) is 13.0 Å². The molecule has 7 nitrogen and oxygen atoms in total. The monoisotopic (exact) mass is 557 g/mol. The Morgan fingerprint density at radius 3 is 2.15 bits per heavy atom. The van der Waals surface area contributed by atoms with Gasteiger partial charge in [-0.25, -0.2) is 4.39 Å². The summed E-state index contributed by atoms with van der Waals surface area (Å²) in [6.45, 7) is 2.27. The van der Waals surface area contributed by atoms with Crippen molar-refractivity contribution in [3.63, 3.8) is 0 Å². The zero-order valence-electron chi connectivity index (χ0n) is 22.8. The topological polar surface area (TPSA) is 98.0 Å². The number of aromatic nitrogens is 1. The van der Waals surface area contributed by atoms with E-state index in [4.69, 9.17) is 14.6 Å². The summed E-state index contributed by atoms with van der Waals surface area (Å²) >= 11 is 0. The first kappa shape index (κ1) is 29.1. The summed E-state index contributed by atoms with van der Waals surface area (Å²) in [7, 11) is 0. The molecule has 0 atom stereocenters. The fourth-order valence-corrected chi connectivity index (χ4v) is 4.66. The van der Waals surface area contributed by atoms with Gasteiger partial charge < -0.3 is 24.3 Å². The lowest BCUT2D eigenvalue weighted by Gasteiger charge is -2.08. The second-order valence-electron chi connectivity index (χ2n) is 9.46. The molecule has 0 bridgehead atoms. The molecule has 212 valence electrons. The summed E-state index contributed by atoms with van der Waals surface area (Å²) in [5.74, 6) is -0.920. The summed E-state index contributed by atoms with van der Waals surface area (Å²) in [6.07, 6.45) is 8.09. The number of carboxylic acid groups (broad SMARTS) is 2. The highest BCUT2D eigenvalue weighted by molar-refractivity contribution is 5.95. The molecule has 0 radical (unpaired) electrons. The standard InChI is InChI=1S/C33H32FNO6/c1-23-28(10-7-11-30(36)37)32-29(34)19-16-25(33(32)35(23)22-31(38)39)15-12-24-13-17-27(18-14-24)41-21-6-5-20-40-26-8-3-2-4-9-26/h2-6,8-9,12-19H,7,10-11,20-22H2,1H3,(H,36,37)(H,38,39). The van der Waals surface area contributed by atoms with Gasteiger partial charge in [-0.05, 0) is 85.0 Å². The van der Waals surface area contributed by atoms with Gasteiger partial charge in [0.05, 0.1) is 5.52 Å². The smallest absolute Gasteiger partial charge is 0.323 e. The molecule has 0 aliphatic carbocycles. The van der Waals surface area contributed by atoms with Crippen LogP contribution >= 0.6 is 0 Å². The third-order valence-corrected chi connectivity index (χ3v) is 6.62. The van der Waals surface area contributed by atoms with Crippen molar-refractivity contribution in [2.24, 2.45) is 0 Å². The van der Waals surface area contributed by atoms with Gasteiger partial charge in [-0.2, -0.15) is 0 Å². The van der Waals surface area contributed by atoms with Crippen molar-refractivity contribution in [2.75, 3.05) is 13.2 Å². The number of aryl methyl sites for hydroxylation is 1. The van der Waals surface area contributed by atoms with Crippen LogP contribution in [0.4, 0.5) is 4.39 Å². The molecular weight excluding hydrogens is 525 g/mol. The van der Waals surface area contributed by atoms with E-state index in [1.165, 1.54) is 6.07 Å². The lowest BCUT2D eigenvalue weighted by atomic mass is 10.0. The minimum atomic E-state index is -1.05. The number of fused-ring (bicyclic) bond motifs is 1. The fraction of sp³-hybridized carbons (Fsp3) is 0.212. The molecule has 0 spiro atoms. The van der Waals surface area contributed by atoms with E-state index in [0.717, 1.165) is 11.3 Å². The van der Waals surface area contributed by atoms with Crippen LogP contribution in [0.5, 0.6) is 11.5 Å². The number of hydrogen-bond donors (Lipinski definition) is 2. The first-order chi connectivity index (χ1) is 19.8. The first-order valence-electron chi connectivity index (χ1n) is 13.3. The highest BCUT2D eigenvalue weighted by Crippen LogP contribution is 2.33. The zero-order valence-corrected chi connectivity index (χ0v) is 22.8. The molecule has 3 aromatic carbocycles. The maximum absolute atomic E-state index is 15.1. The molecule has 1 heterocycles. The number of hydrogen-bond acceptors (Lipinski definition) is 4. The number of carbonyl (C=O) groups is 2. The molecule has 1 aromatic heterocycles. The Bertz CT molecular complexity index is 1550. The van der Waals surface area contributed by atoms with Gasteiger partial charge in [-0.15, -0.1) is 0 Å². The predicted molar refractivity (Wildman–Crippen MR) is 157 cm³/mol. The Balaban J connectivity index is 1.46. The van der Waals surface area contributed by atoms with Gasteiger partial charge in [-0.3, -0.25) is 9.59 Å². The van der Waals surface area contributed by atoms with Crippen molar-refractivity contribution in [2.45, 2.75) is 32.7 Å². The zero-order chi connectivity index (χ0) is 29.2. The van der Waals surface area contributed by atoms with Crippen LogP contribution in [0.15, 0.2) is 78.9 Å². The molecule has 0 saturated heterocycles. The molecule has 4 rings (SSSR count). The number of halogens is 1. The highest BCUT2D eigenvalue weighted by atomic mass is 19.1. The van der Waals surface area contributed by atoms with E-state index in [1.807, 2.05) is 78.9 Å². The van der Waals surface area contributed by atoms with Crippen LogP contribution in [0.2, 0.25) is 0 Å². The summed E-state index contributed by atoms with van der Waals surface area (Å²) in [4.78, 5) is 22.6. The average molecular weight is 558 g/mol. The van der Waals surface area contributed by atoms with Gasteiger partial charge in [0.1, 0.15) is 37.1 Å². The fourth-order valence-electron chi connectivity index (χ4n) is 4.66. The summed E-state index contributed by atoms with van der Waals surface area (Å²) < 4.78 is 28.0. The molecule has 0 unspecified atom stereocenters. The summed E-state index contributed by atoms with van der Waals surface area (Å²) in [6, 6.07) is 20.1. The normalized spacial score (nSPS) is 11.5. The van der Waals surface area contributed by atoms with Crippen LogP contribution < -0.4 is 9.47 Å². The SMILES string of the molecule is Cc1c(CCCC(=O)O)c2c(F)ccc(C=Cc3ccc(OCC=CCOc4ccccc4)cc3)c2n1CC(=O)O. The Hall–Kier alpha value is -4.85. The van der Waals surface area contributed by atoms with Gasteiger partial charge in [0.2, 0.25) is 0 Å². The molecule has 0 aliphatic rings. The number of para-hydroxylation sites is 1. The second kappa shape index (κ2) is 14.0. The molecule has 0 aliphatic heterocycles. The van der Waals surface area contributed by atoms with Crippen LogP contribution in [-0.4, -0.2) is 39.9 Å². The minimum Gasteiger partial charge on any atom is -0.490 e. The number of nitrogens with zero attached hydrogens (tertiary/aromatic N) is 1. The third-order valence-electron chi connectivity index (χ3n) is 6.62. The molecule has 8 heteroatoms. The number of benzene rings is 3. The number of carboxylic acids is 2. The maximum atomic E-state index is 15.1. The van der Waals surface area contributed by atoms with E-state index in [9.17, 15) is 14.7 Å². The average Bonchev–Trinajstić information content (AvgIpc) is 3.22. The third kappa shape index (κ3) is 7.85. The first-order valence-corrected chi connectivity index (χ1v) is 13.3. The predicted octanol–water partition coefficient (Wildman–Crippen LogP) is 6.77. The van der Waals surface area contributed by atoms with E-state index in [2.05, 4.69) is 0 Å². The lowest BCUT2D eigenvalue weighted by molar-refractivity contribution is -0.138. The van der Waals surface area contributed by atoms with Gasteiger partial charge in [0.25, 0.3) is 0 Å².